The van der Waals surface area contributed by atoms with Crippen LogP contribution in [0.3, 0.4) is 0 Å². The Balaban J connectivity index is 1.40. The van der Waals surface area contributed by atoms with E-state index in [4.69, 9.17) is 0 Å². The SMILES string of the molecule is Cc1ccc(S(=O)(=O)Nc2ccc(F)cc2)cc1C(=O)NCCCn1nc2ccccn2c1=O. The second-order valence-corrected chi connectivity index (χ2v) is 9.32. The lowest BCUT2D eigenvalue weighted by atomic mass is 10.1. The van der Waals surface area contributed by atoms with Crippen molar-refractivity contribution in [3.8, 4) is 0 Å². The van der Waals surface area contributed by atoms with Crippen LogP contribution in [0.2, 0.25) is 0 Å². The number of fused-ring (bicyclic) bond motifs is 1. The summed E-state index contributed by atoms with van der Waals surface area (Å²) in [7, 11) is -3.98. The van der Waals surface area contributed by atoms with Crippen molar-refractivity contribution < 1.29 is 17.6 Å². The predicted molar refractivity (Wildman–Crippen MR) is 125 cm³/mol. The van der Waals surface area contributed by atoms with Gasteiger partial charge in [0, 0.05) is 30.5 Å². The van der Waals surface area contributed by atoms with Gasteiger partial charge in [-0.05, 0) is 67.4 Å². The molecule has 0 saturated heterocycles. The summed E-state index contributed by atoms with van der Waals surface area (Å²) in [5, 5.41) is 6.99. The van der Waals surface area contributed by atoms with E-state index in [1.165, 1.54) is 33.3 Å². The first kappa shape index (κ1) is 23.2. The van der Waals surface area contributed by atoms with E-state index in [0.29, 0.717) is 24.2 Å². The van der Waals surface area contributed by atoms with Gasteiger partial charge in [-0.2, -0.15) is 0 Å². The average Bonchev–Trinajstić information content (AvgIpc) is 3.13. The van der Waals surface area contributed by atoms with Crippen molar-refractivity contribution in [1.82, 2.24) is 19.5 Å². The van der Waals surface area contributed by atoms with Crippen LogP contribution >= 0.6 is 0 Å². The minimum atomic E-state index is -3.98. The fraction of sp³-hybridized carbons (Fsp3) is 0.174. The molecule has 0 aliphatic carbocycles. The highest BCUT2D eigenvalue weighted by molar-refractivity contribution is 7.92. The molecule has 0 fully saturated rings. The predicted octanol–water partition coefficient (Wildman–Crippen LogP) is 2.56. The van der Waals surface area contributed by atoms with Crippen LogP contribution in [0.4, 0.5) is 10.1 Å². The fourth-order valence-electron chi connectivity index (χ4n) is 3.38. The number of aryl methyl sites for hydroxylation is 2. The Kier molecular flexibility index (Phi) is 6.46. The first-order valence-corrected chi connectivity index (χ1v) is 11.9. The molecule has 9 nitrogen and oxygen atoms in total. The zero-order chi connectivity index (χ0) is 24.3. The second-order valence-electron chi connectivity index (χ2n) is 7.63. The molecule has 1 amide bonds. The van der Waals surface area contributed by atoms with E-state index in [1.54, 1.807) is 37.4 Å². The Labute approximate surface area is 194 Å². The van der Waals surface area contributed by atoms with E-state index in [2.05, 4.69) is 15.1 Å². The third-order valence-corrected chi connectivity index (χ3v) is 6.56. The van der Waals surface area contributed by atoms with Crippen molar-refractivity contribution in [1.29, 1.82) is 0 Å². The van der Waals surface area contributed by atoms with E-state index >= 15 is 0 Å². The molecule has 2 aromatic carbocycles. The van der Waals surface area contributed by atoms with Crippen molar-refractivity contribution in [3.63, 3.8) is 0 Å². The lowest BCUT2D eigenvalue weighted by Crippen LogP contribution is -2.28. The standard InChI is InChI=1S/C23H22FN5O4S/c1-16-6-11-19(34(32,33)27-18-9-7-17(24)8-10-18)15-20(16)22(30)25-12-4-14-29-23(31)28-13-3-2-5-21(28)26-29/h2-3,5-11,13,15,27H,4,12,14H2,1H3,(H,25,30). The van der Waals surface area contributed by atoms with Gasteiger partial charge in [-0.25, -0.2) is 22.3 Å². The van der Waals surface area contributed by atoms with Crippen molar-refractivity contribution in [2.75, 3.05) is 11.3 Å². The number of pyridine rings is 1. The Morgan fingerprint density at radius 2 is 1.85 bits per heavy atom. The van der Waals surface area contributed by atoms with Crippen LogP contribution in [-0.2, 0) is 16.6 Å². The number of amides is 1. The Morgan fingerprint density at radius 3 is 2.59 bits per heavy atom. The zero-order valence-electron chi connectivity index (χ0n) is 18.2. The molecule has 0 unspecified atom stereocenters. The normalized spacial score (nSPS) is 11.5. The summed E-state index contributed by atoms with van der Waals surface area (Å²) in [4.78, 5) is 24.9. The minimum Gasteiger partial charge on any atom is -0.352 e. The number of hydrogen-bond acceptors (Lipinski definition) is 5. The molecule has 0 atom stereocenters. The highest BCUT2D eigenvalue weighted by Crippen LogP contribution is 2.19. The van der Waals surface area contributed by atoms with Gasteiger partial charge in [0.15, 0.2) is 5.65 Å². The smallest absolute Gasteiger partial charge is 0.350 e. The number of nitrogens with one attached hydrogen (secondary N) is 2. The van der Waals surface area contributed by atoms with Gasteiger partial charge in [0.2, 0.25) is 0 Å². The Bertz CT molecular complexity index is 1510. The van der Waals surface area contributed by atoms with Gasteiger partial charge < -0.3 is 5.32 Å². The number of hydrogen-bond donors (Lipinski definition) is 2. The third-order valence-electron chi connectivity index (χ3n) is 5.18. The van der Waals surface area contributed by atoms with Crippen molar-refractivity contribution >= 4 is 27.3 Å². The number of rotatable bonds is 8. The zero-order valence-corrected chi connectivity index (χ0v) is 19.0. The molecular formula is C23H22FN5O4S. The first-order valence-electron chi connectivity index (χ1n) is 10.5. The van der Waals surface area contributed by atoms with Crippen LogP contribution in [0.15, 0.2) is 76.6 Å². The molecule has 11 heteroatoms. The minimum absolute atomic E-state index is 0.0937. The Morgan fingerprint density at radius 1 is 1.09 bits per heavy atom. The maximum Gasteiger partial charge on any atom is 0.350 e. The quantitative estimate of drug-likeness (QED) is 0.374. The molecule has 176 valence electrons. The number of anilines is 1. The number of halogens is 1. The summed E-state index contributed by atoms with van der Waals surface area (Å²) >= 11 is 0. The molecule has 0 saturated carbocycles. The Hall–Kier alpha value is -3.99. The molecule has 0 aliphatic heterocycles. The molecule has 4 rings (SSSR count). The van der Waals surface area contributed by atoms with Crippen LogP contribution in [0.25, 0.3) is 5.65 Å². The summed E-state index contributed by atoms with van der Waals surface area (Å²) < 4.78 is 43.7. The average molecular weight is 484 g/mol. The summed E-state index contributed by atoms with van der Waals surface area (Å²) in [6, 6.07) is 14.4. The molecular weight excluding hydrogens is 461 g/mol. The van der Waals surface area contributed by atoms with Gasteiger partial charge in [0.1, 0.15) is 5.82 Å². The molecule has 2 aromatic heterocycles. The van der Waals surface area contributed by atoms with Gasteiger partial charge in [-0.1, -0.05) is 12.1 Å². The first-order chi connectivity index (χ1) is 16.2. The second kappa shape index (κ2) is 9.48. The monoisotopic (exact) mass is 483 g/mol. The molecule has 4 aromatic rings. The maximum absolute atomic E-state index is 13.1. The molecule has 2 N–H and O–H groups in total. The van der Waals surface area contributed by atoms with Gasteiger partial charge in [-0.15, -0.1) is 5.10 Å². The lowest BCUT2D eigenvalue weighted by molar-refractivity contribution is 0.0951. The van der Waals surface area contributed by atoms with Crippen LogP contribution in [-0.4, -0.2) is 35.1 Å². The number of carbonyl (C=O) groups is 1. The highest BCUT2D eigenvalue weighted by Gasteiger charge is 2.18. The number of nitrogens with zero attached hydrogens (tertiary/aromatic N) is 3. The van der Waals surface area contributed by atoms with Gasteiger partial charge in [-0.3, -0.25) is 13.9 Å². The number of benzene rings is 2. The summed E-state index contributed by atoms with van der Waals surface area (Å²) in [5.41, 5.74) is 1.31. The number of aromatic nitrogens is 3. The van der Waals surface area contributed by atoms with Gasteiger partial charge >= 0.3 is 5.69 Å². The van der Waals surface area contributed by atoms with Gasteiger partial charge in [0.05, 0.1) is 4.90 Å². The molecule has 2 heterocycles. The summed E-state index contributed by atoms with van der Waals surface area (Å²) in [6.07, 6.45) is 2.09. The number of carbonyl (C=O) groups excluding carboxylic acids is 1. The summed E-state index contributed by atoms with van der Waals surface area (Å²) in [6.45, 7) is 2.29. The van der Waals surface area contributed by atoms with Crippen LogP contribution < -0.4 is 15.7 Å². The largest absolute Gasteiger partial charge is 0.352 e. The molecule has 0 spiro atoms. The molecule has 0 aliphatic rings. The summed E-state index contributed by atoms with van der Waals surface area (Å²) in [5.74, 6) is -0.915. The maximum atomic E-state index is 13.1. The van der Waals surface area contributed by atoms with Crippen LogP contribution in [0.1, 0.15) is 22.3 Å². The van der Waals surface area contributed by atoms with Crippen molar-refractivity contribution in [3.05, 3.63) is 94.3 Å². The van der Waals surface area contributed by atoms with Crippen molar-refractivity contribution in [2.45, 2.75) is 24.8 Å². The number of sulfonamides is 1. The molecule has 0 radical (unpaired) electrons. The highest BCUT2D eigenvalue weighted by atomic mass is 32.2. The van der Waals surface area contributed by atoms with Crippen LogP contribution in [0, 0.1) is 12.7 Å². The molecule has 34 heavy (non-hydrogen) atoms. The van der Waals surface area contributed by atoms with Crippen LogP contribution in [0.5, 0.6) is 0 Å². The van der Waals surface area contributed by atoms with E-state index in [1.807, 2.05) is 0 Å². The van der Waals surface area contributed by atoms with E-state index in [0.717, 1.165) is 12.1 Å². The van der Waals surface area contributed by atoms with E-state index in [-0.39, 0.29) is 28.4 Å². The third kappa shape index (κ3) is 4.99. The van der Waals surface area contributed by atoms with E-state index in [9.17, 15) is 22.4 Å². The van der Waals surface area contributed by atoms with Gasteiger partial charge in [0.25, 0.3) is 15.9 Å². The topological polar surface area (TPSA) is 115 Å². The molecule has 0 bridgehead atoms. The van der Waals surface area contributed by atoms with E-state index < -0.39 is 21.7 Å². The fourth-order valence-corrected chi connectivity index (χ4v) is 4.47. The van der Waals surface area contributed by atoms with Crippen molar-refractivity contribution in [2.24, 2.45) is 0 Å². The lowest BCUT2D eigenvalue weighted by Gasteiger charge is -2.12.